The second kappa shape index (κ2) is 5.22. The molecule has 0 aliphatic carbocycles. The average Bonchev–Trinajstić information content (AvgIpc) is 2.69. The van der Waals surface area contributed by atoms with Gasteiger partial charge in [0, 0.05) is 24.7 Å². The van der Waals surface area contributed by atoms with E-state index in [0.717, 1.165) is 37.7 Å². The minimum Gasteiger partial charge on any atom is -0.355 e. The van der Waals surface area contributed by atoms with Crippen LogP contribution in [0.3, 0.4) is 0 Å². The third-order valence-corrected chi connectivity index (χ3v) is 4.53. The van der Waals surface area contributed by atoms with Gasteiger partial charge in [-0.3, -0.25) is 0 Å². The summed E-state index contributed by atoms with van der Waals surface area (Å²) >= 11 is 0. The highest BCUT2D eigenvalue weighted by atomic mass is 16.7. The molecule has 0 spiro atoms. The summed E-state index contributed by atoms with van der Waals surface area (Å²) in [5, 5.41) is 3.70. The molecule has 3 rings (SSSR count). The summed E-state index contributed by atoms with van der Waals surface area (Å²) in [4.78, 5) is 2.52. The molecule has 4 heteroatoms. The molecule has 0 amide bonds. The standard InChI is InChI=1S/C13H24N2O2/c1-15(8-13-4-5-16-9-17-13)12-6-10-2-3-11(7-12)14-10/h10-14H,2-9H2,1H3. The number of ether oxygens (including phenoxy) is 2. The average molecular weight is 240 g/mol. The maximum Gasteiger partial charge on any atom is 0.147 e. The van der Waals surface area contributed by atoms with Crippen molar-refractivity contribution in [3.63, 3.8) is 0 Å². The van der Waals surface area contributed by atoms with Crippen LogP contribution in [0.4, 0.5) is 0 Å². The lowest BCUT2D eigenvalue weighted by atomic mass is 9.98. The fraction of sp³-hybridized carbons (Fsp3) is 1.00. The van der Waals surface area contributed by atoms with Crippen molar-refractivity contribution in [3.8, 4) is 0 Å². The first-order valence-electron chi connectivity index (χ1n) is 6.97. The molecule has 3 saturated heterocycles. The third-order valence-electron chi connectivity index (χ3n) is 4.53. The van der Waals surface area contributed by atoms with E-state index in [9.17, 15) is 0 Å². The van der Waals surface area contributed by atoms with Gasteiger partial charge in [-0.1, -0.05) is 0 Å². The highest BCUT2D eigenvalue weighted by Gasteiger charge is 2.35. The number of nitrogens with zero attached hydrogens (tertiary/aromatic N) is 1. The van der Waals surface area contributed by atoms with E-state index in [2.05, 4.69) is 17.3 Å². The molecule has 0 radical (unpaired) electrons. The van der Waals surface area contributed by atoms with Crippen molar-refractivity contribution in [1.29, 1.82) is 0 Å². The van der Waals surface area contributed by atoms with Gasteiger partial charge in [0.2, 0.25) is 0 Å². The van der Waals surface area contributed by atoms with Crippen LogP contribution in [0.1, 0.15) is 32.1 Å². The lowest BCUT2D eigenvalue weighted by molar-refractivity contribution is -0.145. The summed E-state index contributed by atoms with van der Waals surface area (Å²) < 4.78 is 10.8. The Balaban J connectivity index is 1.49. The Labute approximate surface area is 104 Å². The zero-order valence-electron chi connectivity index (χ0n) is 10.7. The Kier molecular flexibility index (Phi) is 3.66. The van der Waals surface area contributed by atoms with Crippen LogP contribution in [0.25, 0.3) is 0 Å². The van der Waals surface area contributed by atoms with E-state index in [4.69, 9.17) is 9.47 Å². The van der Waals surface area contributed by atoms with E-state index in [1.165, 1.54) is 25.7 Å². The van der Waals surface area contributed by atoms with E-state index in [1.54, 1.807) is 0 Å². The summed E-state index contributed by atoms with van der Waals surface area (Å²) in [6.45, 7) is 2.40. The van der Waals surface area contributed by atoms with Gasteiger partial charge in [-0.05, 0) is 39.2 Å². The third kappa shape index (κ3) is 2.81. The topological polar surface area (TPSA) is 33.7 Å². The Hall–Kier alpha value is -0.160. The summed E-state index contributed by atoms with van der Waals surface area (Å²) in [5.41, 5.74) is 0. The van der Waals surface area contributed by atoms with Gasteiger partial charge in [0.05, 0.1) is 12.7 Å². The zero-order valence-corrected chi connectivity index (χ0v) is 10.7. The predicted octanol–water partition coefficient (Wildman–Crippen LogP) is 0.964. The van der Waals surface area contributed by atoms with Crippen LogP contribution >= 0.6 is 0 Å². The van der Waals surface area contributed by atoms with Gasteiger partial charge in [-0.15, -0.1) is 0 Å². The van der Waals surface area contributed by atoms with Gasteiger partial charge in [0.25, 0.3) is 0 Å². The molecule has 3 aliphatic rings. The lowest BCUT2D eigenvalue weighted by Crippen LogP contribution is -2.49. The van der Waals surface area contributed by atoms with E-state index < -0.39 is 0 Å². The van der Waals surface area contributed by atoms with Crippen LogP contribution in [0.5, 0.6) is 0 Å². The lowest BCUT2D eigenvalue weighted by Gasteiger charge is -2.37. The van der Waals surface area contributed by atoms with Gasteiger partial charge < -0.3 is 19.7 Å². The molecule has 3 fully saturated rings. The van der Waals surface area contributed by atoms with Crippen molar-refractivity contribution in [1.82, 2.24) is 10.2 Å². The first-order valence-corrected chi connectivity index (χ1v) is 6.97. The highest BCUT2D eigenvalue weighted by molar-refractivity contribution is 4.95. The molecule has 98 valence electrons. The molecule has 3 atom stereocenters. The molecule has 4 nitrogen and oxygen atoms in total. The molecule has 3 heterocycles. The molecule has 3 unspecified atom stereocenters. The van der Waals surface area contributed by atoms with Crippen molar-refractivity contribution in [2.75, 3.05) is 27.0 Å². The number of piperidine rings is 1. The largest absolute Gasteiger partial charge is 0.355 e. The quantitative estimate of drug-likeness (QED) is 0.797. The van der Waals surface area contributed by atoms with E-state index in [0.29, 0.717) is 12.9 Å². The van der Waals surface area contributed by atoms with Crippen LogP contribution in [-0.2, 0) is 9.47 Å². The number of rotatable bonds is 3. The molecule has 0 aromatic rings. The fourth-order valence-electron chi connectivity index (χ4n) is 3.50. The number of hydrogen-bond acceptors (Lipinski definition) is 4. The maximum absolute atomic E-state index is 5.63. The molecule has 1 N–H and O–H groups in total. The molecule has 0 aromatic carbocycles. The summed E-state index contributed by atoms with van der Waals surface area (Å²) in [7, 11) is 2.26. The van der Waals surface area contributed by atoms with Gasteiger partial charge in [-0.2, -0.15) is 0 Å². The Morgan fingerprint density at radius 3 is 2.59 bits per heavy atom. The highest BCUT2D eigenvalue weighted by Crippen LogP contribution is 2.29. The molecule has 0 saturated carbocycles. The Bertz CT molecular complexity index is 244. The summed E-state index contributed by atoms with van der Waals surface area (Å²) in [5.74, 6) is 0. The molecule has 0 aromatic heterocycles. The Morgan fingerprint density at radius 2 is 1.94 bits per heavy atom. The van der Waals surface area contributed by atoms with Crippen LogP contribution < -0.4 is 5.32 Å². The van der Waals surface area contributed by atoms with Gasteiger partial charge in [0.1, 0.15) is 6.79 Å². The van der Waals surface area contributed by atoms with E-state index >= 15 is 0 Å². The summed E-state index contributed by atoms with van der Waals surface area (Å²) in [6, 6.07) is 2.30. The van der Waals surface area contributed by atoms with Crippen LogP contribution in [0.2, 0.25) is 0 Å². The van der Waals surface area contributed by atoms with Gasteiger partial charge in [-0.25, -0.2) is 0 Å². The van der Waals surface area contributed by atoms with Crippen molar-refractivity contribution in [3.05, 3.63) is 0 Å². The van der Waals surface area contributed by atoms with Crippen molar-refractivity contribution < 1.29 is 9.47 Å². The van der Waals surface area contributed by atoms with Crippen molar-refractivity contribution in [2.24, 2.45) is 0 Å². The van der Waals surface area contributed by atoms with Crippen LogP contribution in [0.15, 0.2) is 0 Å². The van der Waals surface area contributed by atoms with Crippen molar-refractivity contribution >= 4 is 0 Å². The predicted molar refractivity (Wildman–Crippen MR) is 65.9 cm³/mol. The first kappa shape index (κ1) is 11.9. The first-order chi connectivity index (χ1) is 8.31. The SMILES string of the molecule is CN(CC1CCOCO1)C1CC2CCC(C1)N2. The van der Waals surface area contributed by atoms with Crippen LogP contribution in [0, 0.1) is 0 Å². The minimum absolute atomic E-state index is 0.376. The normalized spacial score (nSPS) is 42.0. The summed E-state index contributed by atoms with van der Waals surface area (Å²) in [6.07, 6.45) is 6.81. The maximum atomic E-state index is 5.63. The number of hydrogen-bond donors (Lipinski definition) is 1. The number of nitrogens with one attached hydrogen (secondary N) is 1. The van der Waals surface area contributed by atoms with Crippen LogP contribution in [-0.4, -0.2) is 56.1 Å². The smallest absolute Gasteiger partial charge is 0.147 e. The minimum atomic E-state index is 0.376. The van der Waals surface area contributed by atoms with E-state index in [-0.39, 0.29) is 0 Å². The van der Waals surface area contributed by atoms with E-state index in [1.807, 2.05) is 0 Å². The monoisotopic (exact) mass is 240 g/mol. The molecule has 17 heavy (non-hydrogen) atoms. The second-order valence-corrected chi connectivity index (χ2v) is 5.81. The number of likely N-dealkylation sites (N-methyl/N-ethyl adjacent to an activating group) is 1. The molecular formula is C13H24N2O2. The molecule has 3 aliphatic heterocycles. The zero-order chi connectivity index (χ0) is 11.7. The molecular weight excluding hydrogens is 216 g/mol. The Morgan fingerprint density at radius 1 is 1.18 bits per heavy atom. The van der Waals surface area contributed by atoms with Crippen molar-refractivity contribution in [2.45, 2.75) is 56.3 Å². The second-order valence-electron chi connectivity index (χ2n) is 5.81. The fourth-order valence-corrected chi connectivity index (χ4v) is 3.50. The van der Waals surface area contributed by atoms with Gasteiger partial charge in [0.15, 0.2) is 0 Å². The molecule has 2 bridgehead atoms. The number of fused-ring (bicyclic) bond motifs is 2. The van der Waals surface area contributed by atoms with Gasteiger partial charge >= 0.3 is 0 Å².